The highest BCUT2D eigenvalue weighted by Gasteiger charge is 2.47. The van der Waals surface area contributed by atoms with Gasteiger partial charge in [0.2, 0.25) is 0 Å². The van der Waals surface area contributed by atoms with Crippen LogP contribution in [0.25, 0.3) is 0 Å². The number of rotatable bonds is 9. The van der Waals surface area contributed by atoms with E-state index in [1.165, 1.54) is 18.2 Å². The average molecular weight is 577 g/mol. The van der Waals surface area contributed by atoms with Crippen molar-refractivity contribution in [3.8, 4) is 0 Å². The molecule has 1 aliphatic rings. The van der Waals surface area contributed by atoms with E-state index < -0.39 is 41.3 Å². The van der Waals surface area contributed by atoms with Crippen LogP contribution in [0.3, 0.4) is 0 Å². The number of anilines is 1. The van der Waals surface area contributed by atoms with Gasteiger partial charge in [0.05, 0.1) is 36.1 Å². The largest absolute Gasteiger partial charge is 0.454 e. The van der Waals surface area contributed by atoms with Crippen molar-refractivity contribution < 1.29 is 28.8 Å². The molecule has 0 bridgehead atoms. The van der Waals surface area contributed by atoms with Gasteiger partial charge in [0.15, 0.2) is 6.61 Å². The van der Waals surface area contributed by atoms with E-state index in [1.807, 2.05) is 6.92 Å². The smallest absolute Gasteiger partial charge is 0.329 e. The molecule has 14 heteroatoms. The predicted octanol–water partition coefficient (Wildman–Crippen LogP) is 5.55. The van der Waals surface area contributed by atoms with Gasteiger partial charge in [-0.1, -0.05) is 72.2 Å². The van der Waals surface area contributed by atoms with Crippen LogP contribution < -0.4 is 5.32 Å². The van der Waals surface area contributed by atoms with Crippen molar-refractivity contribution in [2.75, 3.05) is 11.9 Å². The number of imide groups is 1. The van der Waals surface area contributed by atoms with Crippen LogP contribution in [0.5, 0.6) is 0 Å². The van der Waals surface area contributed by atoms with Gasteiger partial charge in [-0.3, -0.25) is 29.4 Å². The zero-order valence-electron chi connectivity index (χ0n) is 18.5. The summed E-state index contributed by atoms with van der Waals surface area (Å²) in [6.07, 6.45) is 1.11. The molecule has 10 nitrogen and oxygen atoms in total. The third-order valence-corrected chi connectivity index (χ3v) is 7.04. The summed E-state index contributed by atoms with van der Waals surface area (Å²) >= 11 is 24.4. The van der Waals surface area contributed by atoms with Crippen molar-refractivity contribution in [3.05, 3.63) is 65.6 Å². The van der Waals surface area contributed by atoms with Crippen molar-refractivity contribution >= 4 is 81.5 Å². The molecule has 0 fully saturated rings. The van der Waals surface area contributed by atoms with E-state index in [0.717, 1.165) is 6.07 Å². The summed E-state index contributed by atoms with van der Waals surface area (Å²) in [6.45, 7) is 1.07. The van der Waals surface area contributed by atoms with Crippen molar-refractivity contribution in [2.24, 2.45) is 0 Å². The summed E-state index contributed by atoms with van der Waals surface area (Å²) in [5.41, 5.74) is -0.684. The van der Waals surface area contributed by atoms with E-state index >= 15 is 0 Å². The van der Waals surface area contributed by atoms with E-state index in [9.17, 15) is 29.3 Å². The van der Waals surface area contributed by atoms with Gasteiger partial charge in [-0.25, -0.2) is 4.79 Å². The molecule has 190 valence electrons. The summed E-state index contributed by atoms with van der Waals surface area (Å²) in [6, 6.07) is 3.78. The lowest BCUT2D eigenvalue weighted by molar-refractivity contribution is -0.384. The number of halogens is 4. The number of fused-ring (bicyclic) bond motifs is 1. The highest BCUT2D eigenvalue weighted by molar-refractivity contribution is 6.55. The number of nitrogens with one attached hydrogen (secondary N) is 1. The monoisotopic (exact) mass is 575 g/mol. The molecule has 36 heavy (non-hydrogen) atoms. The zero-order chi connectivity index (χ0) is 26.7. The minimum atomic E-state index is -1.38. The van der Waals surface area contributed by atoms with Gasteiger partial charge >= 0.3 is 5.97 Å². The van der Waals surface area contributed by atoms with Crippen LogP contribution in [0.4, 0.5) is 11.4 Å². The second-order valence-corrected chi connectivity index (χ2v) is 9.12. The molecule has 1 atom stereocenters. The Kier molecular flexibility index (Phi) is 8.78. The molecule has 0 radical (unpaired) electrons. The number of hydrogen-bond acceptors (Lipinski definition) is 7. The summed E-state index contributed by atoms with van der Waals surface area (Å²) in [5, 5.41) is 12.3. The SMILES string of the molecule is CCCC[C@@H](C(=O)OCC(=O)Nc1cccc([N+](=O)[O-])c1)N1C(=O)c2c(Cl)c(Cl)c(Cl)c(Cl)c2C1=O. The first-order valence-corrected chi connectivity index (χ1v) is 12.0. The highest BCUT2D eigenvalue weighted by atomic mass is 35.5. The van der Waals surface area contributed by atoms with E-state index in [1.54, 1.807) is 0 Å². The van der Waals surface area contributed by atoms with Crippen molar-refractivity contribution in [2.45, 2.75) is 32.2 Å². The normalized spacial score (nSPS) is 13.4. The Hall–Kier alpha value is -2.92. The van der Waals surface area contributed by atoms with Crippen LogP contribution in [0, 0.1) is 10.1 Å². The Morgan fingerprint density at radius 1 is 1.06 bits per heavy atom. The van der Waals surface area contributed by atoms with Gasteiger partial charge in [0, 0.05) is 17.8 Å². The molecule has 0 aromatic heterocycles. The molecule has 0 spiro atoms. The number of esters is 1. The van der Waals surface area contributed by atoms with Gasteiger partial charge < -0.3 is 10.1 Å². The first-order valence-electron chi connectivity index (χ1n) is 10.4. The summed E-state index contributed by atoms with van der Waals surface area (Å²) < 4.78 is 5.08. The van der Waals surface area contributed by atoms with Gasteiger partial charge in [0.25, 0.3) is 23.4 Å². The number of nitro groups is 1. The van der Waals surface area contributed by atoms with Crippen LogP contribution in [0.1, 0.15) is 46.9 Å². The second-order valence-electron chi connectivity index (χ2n) is 7.61. The number of non-ortho nitro benzene ring substituents is 1. The quantitative estimate of drug-likeness (QED) is 0.103. The van der Waals surface area contributed by atoms with Gasteiger partial charge in [-0.2, -0.15) is 0 Å². The molecule has 0 saturated carbocycles. The van der Waals surface area contributed by atoms with Crippen LogP contribution >= 0.6 is 46.4 Å². The molecule has 0 aliphatic carbocycles. The van der Waals surface area contributed by atoms with Crippen molar-refractivity contribution in [1.82, 2.24) is 4.90 Å². The zero-order valence-corrected chi connectivity index (χ0v) is 21.5. The lowest BCUT2D eigenvalue weighted by atomic mass is 10.1. The first-order chi connectivity index (χ1) is 17.0. The molecule has 1 N–H and O–H groups in total. The highest BCUT2D eigenvalue weighted by Crippen LogP contribution is 2.45. The summed E-state index contributed by atoms with van der Waals surface area (Å²) in [4.78, 5) is 62.4. The third-order valence-electron chi connectivity index (χ3n) is 5.23. The van der Waals surface area contributed by atoms with E-state index in [-0.39, 0.29) is 49.0 Å². The van der Waals surface area contributed by atoms with Crippen molar-refractivity contribution in [3.63, 3.8) is 0 Å². The fourth-order valence-electron chi connectivity index (χ4n) is 3.53. The van der Waals surface area contributed by atoms with Crippen LogP contribution in [-0.4, -0.2) is 46.2 Å². The maximum Gasteiger partial charge on any atom is 0.329 e. The minimum absolute atomic E-state index is 0.0456. The molecule has 3 amide bonds. The fourth-order valence-corrected chi connectivity index (χ4v) is 4.54. The number of benzene rings is 2. The Balaban J connectivity index is 1.79. The molecule has 1 heterocycles. The van der Waals surface area contributed by atoms with Crippen LogP contribution in [0.2, 0.25) is 20.1 Å². The molecule has 1 aliphatic heterocycles. The van der Waals surface area contributed by atoms with E-state index in [2.05, 4.69) is 5.32 Å². The molecule has 0 saturated heterocycles. The number of amides is 3. The Labute approximate surface area is 224 Å². The third kappa shape index (κ3) is 5.41. The van der Waals surface area contributed by atoms with Crippen LogP contribution in [-0.2, 0) is 14.3 Å². The van der Waals surface area contributed by atoms with Gasteiger partial charge in [-0.05, 0) is 12.5 Å². The molecular weight excluding hydrogens is 560 g/mol. The topological polar surface area (TPSA) is 136 Å². The minimum Gasteiger partial charge on any atom is -0.454 e. The summed E-state index contributed by atoms with van der Waals surface area (Å²) in [7, 11) is 0. The Bertz CT molecular complexity index is 1240. The maximum atomic E-state index is 13.1. The predicted molar refractivity (Wildman–Crippen MR) is 133 cm³/mol. The lowest BCUT2D eigenvalue weighted by Gasteiger charge is -2.24. The molecular formula is C22H17Cl4N3O7. The lowest BCUT2D eigenvalue weighted by Crippen LogP contribution is -2.46. The number of ether oxygens (including phenoxy) is 1. The number of hydrogen-bond donors (Lipinski definition) is 1. The van der Waals surface area contributed by atoms with Gasteiger partial charge in [-0.15, -0.1) is 0 Å². The number of carbonyl (C=O) groups excluding carboxylic acids is 4. The molecule has 3 rings (SSSR count). The average Bonchev–Trinajstić information content (AvgIpc) is 3.10. The van der Waals surface area contributed by atoms with Crippen LogP contribution in [0.15, 0.2) is 24.3 Å². The molecule has 2 aromatic rings. The first kappa shape index (κ1) is 27.7. The maximum absolute atomic E-state index is 13.1. The second kappa shape index (κ2) is 11.4. The molecule has 2 aromatic carbocycles. The Morgan fingerprint density at radius 3 is 2.17 bits per heavy atom. The fraction of sp³-hybridized carbons (Fsp3) is 0.273. The Morgan fingerprint density at radius 2 is 1.64 bits per heavy atom. The van der Waals surface area contributed by atoms with E-state index in [4.69, 9.17) is 51.1 Å². The number of nitrogens with zero attached hydrogens (tertiary/aromatic N) is 2. The standard InChI is InChI=1S/C22H17Cl4N3O7/c1-2-3-7-12(22(33)36-9-13(30)27-10-5-4-6-11(8-10)29(34)35)28-20(31)14-15(21(28)32)17(24)19(26)18(25)16(14)23/h4-6,8,12H,2-3,7,9H2,1H3,(H,27,30)/t12-/m0/s1. The van der Waals surface area contributed by atoms with E-state index in [0.29, 0.717) is 17.7 Å². The molecule has 0 unspecified atom stereocenters. The van der Waals surface area contributed by atoms with Gasteiger partial charge in [0.1, 0.15) is 6.04 Å². The summed E-state index contributed by atoms with van der Waals surface area (Å²) in [5.74, 6) is -3.61. The number of unbranched alkanes of at least 4 members (excludes halogenated alkanes) is 1. The number of nitro benzene ring substituents is 1. The van der Waals surface area contributed by atoms with Crippen molar-refractivity contribution in [1.29, 1.82) is 0 Å². The number of carbonyl (C=O) groups is 4.